The van der Waals surface area contributed by atoms with E-state index in [-0.39, 0.29) is 11.8 Å². The second-order valence-electron chi connectivity index (χ2n) is 7.66. The summed E-state index contributed by atoms with van der Waals surface area (Å²) in [6.45, 7) is 8.06. The topological polar surface area (TPSA) is 60.0 Å². The Hall–Kier alpha value is -2.21. The van der Waals surface area contributed by atoms with E-state index in [0.717, 1.165) is 37.4 Å². The minimum Gasteiger partial charge on any atom is -0.492 e. The first kappa shape index (κ1) is 19.1. The maximum absolute atomic E-state index is 12.9. The van der Waals surface area contributed by atoms with Crippen molar-refractivity contribution in [1.29, 1.82) is 0 Å². The van der Waals surface area contributed by atoms with Crippen molar-refractivity contribution in [3.63, 3.8) is 0 Å². The van der Waals surface area contributed by atoms with Crippen molar-refractivity contribution in [2.75, 3.05) is 49.7 Å². The van der Waals surface area contributed by atoms with Gasteiger partial charge in [0.05, 0.1) is 37.8 Å². The summed E-state index contributed by atoms with van der Waals surface area (Å²) < 4.78 is 17.3. The molecule has 28 heavy (non-hydrogen) atoms. The van der Waals surface area contributed by atoms with Crippen LogP contribution in [0.2, 0.25) is 0 Å². The largest absolute Gasteiger partial charge is 0.492 e. The van der Waals surface area contributed by atoms with E-state index in [1.54, 1.807) is 0 Å². The molecular formula is C22H30N2O4. The van der Waals surface area contributed by atoms with Gasteiger partial charge in [-0.2, -0.15) is 0 Å². The number of allylic oxidation sites excluding steroid dienone is 2. The van der Waals surface area contributed by atoms with Gasteiger partial charge in [-0.3, -0.25) is 4.79 Å². The van der Waals surface area contributed by atoms with Crippen LogP contribution < -0.4 is 19.7 Å². The van der Waals surface area contributed by atoms with E-state index in [9.17, 15) is 4.79 Å². The zero-order chi connectivity index (χ0) is 19.5. The number of rotatable bonds is 7. The normalized spacial score (nSPS) is 25.8. The molecule has 152 valence electrons. The molecule has 0 unspecified atom stereocenters. The maximum atomic E-state index is 12.9. The summed E-state index contributed by atoms with van der Waals surface area (Å²) in [5.74, 6) is 2.54. The van der Waals surface area contributed by atoms with E-state index in [2.05, 4.69) is 22.4 Å². The Morgan fingerprint density at radius 1 is 1.11 bits per heavy atom. The van der Waals surface area contributed by atoms with Crippen molar-refractivity contribution in [1.82, 2.24) is 0 Å². The molecular weight excluding hydrogens is 356 g/mol. The third-order valence-electron chi connectivity index (χ3n) is 5.89. The quantitative estimate of drug-likeness (QED) is 0.727. The molecule has 1 saturated carbocycles. The number of benzene rings is 1. The summed E-state index contributed by atoms with van der Waals surface area (Å²) in [5.41, 5.74) is 1.69. The number of anilines is 2. The zero-order valence-corrected chi connectivity index (χ0v) is 16.8. The number of hydrogen-bond acceptors (Lipinski definition) is 5. The molecule has 1 amide bonds. The minimum atomic E-state index is 0.0546. The highest BCUT2D eigenvalue weighted by Gasteiger charge is 2.40. The third-order valence-corrected chi connectivity index (χ3v) is 5.89. The Kier molecular flexibility index (Phi) is 5.76. The lowest BCUT2D eigenvalue weighted by atomic mass is 9.93. The number of morpholine rings is 1. The van der Waals surface area contributed by atoms with E-state index >= 15 is 0 Å². The van der Waals surface area contributed by atoms with E-state index in [1.807, 2.05) is 26.0 Å². The summed E-state index contributed by atoms with van der Waals surface area (Å²) in [5, 5.41) is 3.13. The summed E-state index contributed by atoms with van der Waals surface area (Å²) in [4.78, 5) is 15.2. The molecule has 1 aliphatic heterocycles. The van der Waals surface area contributed by atoms with Crippen molar-refractivity contribution < 1.29 is 19.0 Å². The van der Waals surface area contributed by atoms with Crippen LogP contribution in [0.3, 0.4) is 0 Å². The molecule has 0 spiro atoms. The Labute approximate surface area is 166 Å². The smallest absolute Gasteiger partial charge is 0.228 e. The molecule has 1 saturated heterocycles. The minimum absolute atomic E-state index is 0.0546. The van der Waals surface area contributed by atoms with Crippen LogP contribution in [0.25, 0.3) is 0 Å². The van der Waals surface area contributed by atoms with Crippen molar-refractivity contribution in [2.24, 2.45) is 17.8 Å². The molecule has 2 bridgehead atoms. The number of fused-ring (bicyclic) bond motifs is 2. The van der Waals surface area contributed by atoms with Gasteiger partial charge in [0.2, 0.25) is 5.91 Å². The monoisotopic (exact) mass is 386 g/mol. The SMILES string of the molecule is CCOc1cc(N2CCOCC2)c(OCC)cc1NC(=O)[C@H]1C[C@H]2C=C[C@H]1C2. The average Bonchev–Trinajstić information content (AvgIpc) is 3.34. The molecule has 1 heterocycles. The van der Waals surface area contributed by atoms with Gasteiger partial charge in [0.25, 0.3) is 0 Å². The predicted octanol–water partition coefficient (Wildman–Crippen LogP) is 3.47. The maximum Gasteiger partial charge on any atom is 0.228 e. The first-order chi connectivity index (χ1) is 13.7. The Morgan fingerprint density at radius 2 is 1.86 bits per heavy atom. The number of nitrogens with zero attached hydrogens (tertiary/aromatic N) is 1. The number of carbonyl (C=O) groups is 1. The number of amides is 1. The van der Waals surface area contributed by atoms with Crippen LogP contribution in [0.1, 0.15) is 26.7 Å². The number of nitrogens with one attached hydrogen (secondary N) is 1. The van der Waals surface area contributed by atoms with Crippen LogP contribution in [-0.2, 0) is 9.53 Å². The molecule has 3 aliphatic rings. The second kappa shape index (κ2) is 8.43. The van der Waals surface area contributed by atoms with Gasteiger partial charge < -0.3 is 24.4 Å². The van der Waals surface area contributed by atoms with Crippen molar-refractivity contribution in [3.05, 3.63) is 24.3 Å². The molecule has 6 nitrogen and oxygen atoms in total. The fourth-order valence-electron chi connectivity index (χ4n) is 4.55. The van der Waals surface area contributed by atoms with Gasteiger partial charge in [0.15, 0.2) is 0 Å². The van der Waals surface area contributed by atoms with E-state index in [4.69, 9.17) is 14.2 Å². The lowest BCUT2D eigenvalue weighted by Crippen LogP contribution is -2.36. The molecule has 3 atom stereocenters. The van der Waals surface area contributed by atoms with Gasteiger partial charge >= 0.3 is 0 Å². The molecule has 6 heteroatoms. The molecule has 4 rings (SSSR count). The first-order valence-corrected chi connectivity index (χ1v) is 10.4. The molecule has 1 N–H and O–H groups in total. The summed E-state index contributed by atoms with van der Waals surface area (Å²) in [6.07, 6.45) is 6.51. The van der Waals surface area contributed by atoms with Gasteiger partial charge in [0.1, 0.15) is 11.5 Å². The summed E-state index contributed by atoms with van der Waals surface area (Å²) >= 11 is 0. The highest BCUT2D eigenvalue weighted by Crippen LogP contribution is 2.45. The molecule has 1 aromatic rings. The van der Waals surface area contributed by atoms with E-state index in [1.165, 1.54) is 0 Å². The van der Waals surface area contributed by atoms with Gasteiger partial charge in [-0.25, -0.2) is 0 Å². The second-order valence-corrected chi connectivity index (χ2v) is 7.66. The number of carbonyl (C=O) groups excluding carboxylic acids is 1. The molecule has 2 aliphatic carbocycles. The van der Waals surface area contributed by atoms with Crippen LogP contribution in [-0.4, -0.2) is 45.4 Å². The van der Waals surface area contributed by atoms with Crippen LogP contribution in [0.5, 0.6) is 11.5 Å². The highest BCUT2D eigenvalue weighted by atomic mass is 16.5. The summed E-state index contributed by atoms with van der Waals surface area (Å²) in [7, 11) is 0. The Balaban J connectivity index is 1.60. The van der Waals surface area contributed by atoms with Crippen LogP contribution in [0, 0.1) is 17.8 Å². The van der Waals surface area contributed by atoms with Crippen molar-refractivity contribution in [3.8, 4) is 11.5 Å². The van der Waals surface area contributed by atoms with Crippen molar-refractivity contribution in [2.45, 2.75) is 26.7 Å². The van der Waals surface area contributed by atoms with Gasteiger partial charge in [0, 0.05) is 31.1 Å². The van der Waals surface area contributed by atoms with Gasteiger partial charge in [-0.05, 0) is 38.5 Å². The lowest BCUT2D eigenvalue weighted by Gasteiger charge is -2.31. The average molecular weight is 386 g/mol. The van der Waals surface area contributed by atoms with Crippen LogP contribution >= 0.6 is 0 Å². The Bertz CT molecular complexity index is 742. The fraction of sp³-hybridized carbons (Fsp3) is 0.591. The predicted molar refractivity (Wildman–Crippen MR) is 109 cm³/mol. The molecule has 0 aromatic heterocycles. The first-order valence-electron chi connectivity index (χ1n) is 10.4. The van der Waals surface area contributed by atoms with E-state index < -0.39 is 0 Å². The molecule has 1 aromatic carbocycles. The number of ether oxygens (including phenoxy) is 3. The standard InChI is InChI=1S/C22H30N2O4/c1-3-27-20-14-19(24-7-9-26-10-8-24)21(28-4-2)13-18(20)23-22(25)17-12-15-5-6-16(17)11-15/h5-6,13-17H,3-4,7-12H2,1-2H3,(H,23,25)/t15-,16-,17-/m0/s1. The zero-order valence-electron chi connectivity index (χ0n) is 16.8. The van der Waals surface area contributed by atoms with Gasteiger partial charge in [-0.1, -0.05) is 12.2 Å². The van der Waals surface area contributed by atoms with Crippen molar-refractivity contribution >= 4 is 17.3 Å². The fourth-order valence-corrected chi connectivity index (χ4v) is 4.55. The van der Waals surface area contributed by atoms with Gasteiger partial charge in [-0.15, -0.1) is 0 Å². The third kappa shape index (κ3) is 3.83. The number of hydrogen-bond donors (Lipinski definition) is 1. The Morgan fingerprint density at radius 3 is 2.50 bits per heavy atom. The van der Waals surface area contributed by atoms with Crippen LogP contribution in [0.15, 0.2) is 24.3 Å². The molecule has 0 radical (unpaired) electrons. The van der Waals surface area contributed by atoms with E-state index in [0.29, 0.717) is 49.7 Å². The lowest BCUT2D eigenvalue weighted by molar-refractivity contribution is -0.120. The molecule has 2 fully saturated rings. The summed E-state index contributed by atoms with van der Waals surface area (Å²) in [6, 6.07) is 3.91. The highest BCUT2D eigenvalue weighted by molar-refractivity contribution is 5.95. The van der Waals surface area contributed by atoms with Crippen LogP contribution in [0.4, 0.5) is 11.4 Å².